The van der Waals surface area contributed by atoms with Gasteiger partial charge in [-0.25, -0.2) is 0 Å². The van der Waals surface area contributed by atoms with Crippen molar-refractivity contribution >= 4 is 24.0 Å². The highest BCUT2D eigenvalue weighted by atomic mass is 16.3. The second kappa shape index (κ2) is 9.26. The quantitative estimate of drug-likeness (QED) is 0.165. The van der Waals surface area contributed by atoms with E-state index in [1.165, 1.54) is 18.7 Å². The zero-order valence-corrected chi connectivity index (χ0v) is 16.8. The molecule has 2 saturated heterocycles. The summed E-state index contributed by atoms with van der Waals surface area (Å²) in [6.07, 6.45) is -0.592. The molecule has 164 valence electrons. The van der Waals surface area contributed by atoms with Gasteiger partial charge in [-0.2, -0.15) is 0 Å². The summed E-state index contributed by atoms with van der Waals surface area (Å²) in [7, 11) is 0. The maximum atomic E-state index is 13.4. The fraction of sp³-hybridized carbons (Fsp3) is 0.778. The number of nitrogens with two attached hydrogens (primary N) is 2. The van der Waals surface area contributed by atoms with Crippen molar-refractivity contribution in [2.24, 2.45) is 11.5 Å². The Morgan fingerprint density at radius 2 is 1.86 bits per heavy atom. The molecule has 11 nitrogen and oxygen atoms in total. The Balaban J connectivity index is 2.39. The minimum Gasteiger partial charge on any atom is -0.391 e. The third-order valence-electron chi connectivity index (χ3n) is 5.67. The van der Waals surface area contributed by atoms with Gasteiger partial charge in [-0.05, 0) is 46.1 Å². The van der Waals surface area contributed by atoms with E-state index < -0.39 is 53.7 Å². The molecule has 2 aliphatic rings. The van der Waals surface area contributed by atoms with Gasteiger partial charge in [0.05, 0.1) is 18.2 Å². The minimum absolute atomic E-state index is 0.172. The molecule has 3 amide bonds. The van der Waals surface area contributed by atoms with Crippen LogP contribution in [0.2, 0.25) is 0 Å². The molecule has 0 unspecified atom stereocenters. The Morgan fingerprint density at radius 1 is 1.21 bits per heavy atom. The van der Waals surface area contributed by atoms with Crippen LogP contribution >= 0.6 is 0 Å². The second-order valence-electron chi connectivity index (χ2n) is 7.80. The molecule has 0 aromatic rings. The van der Waals surface area contributed by atoms with Crippen LogP contribution in [-0.4, -0.2) is 93.1 Å². The molecule has 0 radical (unpaired) electrons. The van der Waals surface area contributed by atoms with E-state index in [1.807, 2.05) is 0 Å². The van der Waals surface area contributed by atoms with Crippen LogP contribution in [0.3, 0.4) is 0 Å². The summed E-state index contributed by atoms with van der Waals surface area (Å²) in [5.41, 5.74) is 9.48. The highest BCUT2D eigenvalue weighted by Gasteiger charge is 2.50. The highest BCUT2D eigenvalue weighted by molar-refractivity contribution is 6.04. The van der Waals surface area contributed by atoms with Gasteiger partial charge >= 0.3 is 0 Å². The van der Waals surface area contributed by atoms with Gasteiger partial charge in [-0.15, -0.1) is 0 Å². The van der Waals surface area contributed by atoms with Crippen molar-refractivity contribution in [3.63, 3.8) is 0 Å². The SMILES string of the molecule is C[C@@H](O)[C@H](N)C(=O)N1CCC[C@H]1C(=O)N(C(=O)[C@H]1CCCN1)[C@](N)(C=O)[C@@H](C)O. The molecule has 11 heteroatoms. The Bertz CT molecular complexity index is 651. The van der Waals surface area contributed by atoms with E-state index in [0.717, 1.165) is 0 Å². The van der Waals surface area contributed by atoms with Crippen LogP contribution in [0.25, 0.3) is 0 Å². The first-order chi connectivity index (χ1) is 13.6. The number of hydrogen-bond acceptors (Lipinski definition) is 9. The summed E-state index contributed by atoms with van der Waals surface area (Å²) in [5.74, 6) is -2.20. The first-order valence-corrected chi connectivity index (χ1v) is 9.85. The van der Waals surface area contributed by atoms with Crippen LogP contribution in [0.1, 0.15) is 39.5 Å². The van der Waals surface area contributed by atoms with E-state index >= 15 is 0 Å². The van der Waals surface area contributed by atoms with Crippen molar-refractivity contribution in [2.45, 2.75) is 75.5 Å². The first kappa shape index (κ1) is 23.4. The minimum atomic E-state index is -2.28. The average molecular weight is 413 g/mol. The topological polar surface area (TPSA) is 179 Å². The summed E-state index contributed by atoms with van der Waals surface area (Å²) in [6, 6.07) is -3.01. The van der Waals surface area contributed by atoms with Crippen LogP contribution < -0.4 is 16.8 Å². The van der Waals surface area contributed by atoms with Crippen LogP contribution in [0.5, 0.6) is 0 Å². The van der Waals surface area contributed by atoms with Gasteiger partial charge in [-0.1, -0.05) is 0 Å². The standard InChI is InChI=1S/C18H31N5O6/c1-10(25)14(19)17(29)22-8-4-6-13(22)16(28)23(18(20,9-24)11(2)26)15(27)12-5-3-7-21-12/h9-14,21,25-26H,3-8,19-20H2,1-2H3/t10-,11-,12-,13+,14+,18-/m1/s1. The fourth-order valence-electron chi connectivity index (χ4n) is 3.71. The van der Waals surface area contributed by atoms with Crippen LogP contribution in [0.4, 0.5) is 0 Å². The van der Waals surface area contributed by atoms with Gasteiger partial charge in [-0.3, -0.25) is 29.8 Å². The Labute approximate surface area is 169 Å². The molecule has 2 aliphatic heterocycles. The second-order valence-corrected chi connectivity index (χ2v) is 7.80. The number of amides is 3. The number of nitrogens with zero attached hydrogens (tertiary/aromatic N) is 2. The number of aliphatic hydroxyl groups is 2. The number of rotatable bonds is 7. The van der Waals surface area contributed by atoms with Gasteiger partial charge in [0.1, 0.15) is 12.1 Å². The summed E-state index contributed by atoms with van der Waals surface area (Å²) in [5, 5.41) is 22.7. The van der Waals surface area contributed by atoms with E-state index in [2.05, 4.69) is 5.32 Å². The van der Waals surface area contributed by atoms with Crippen molar-refractivity contribution < 1.29 is 29.4 Å². The molecular weight excluding hydrogens is 382 g/mol. The van der Waals surface area contributed by atoms with E-state index in [4.69, 9.17) is 11.5 Å². The van der Waals surface area contributed by atoms with Crippen molar-refractivity contribution in [3.05, 3.63) is 0 Å². The number of aldehydes is 1. The molecule has 0 aromatic heterocycles. The molecule has 2 heterocycles. The zero-order chi connectivity index (χ0) is 21.9. The zero-order valence-electron chi connectivity index (χ0n) is 16.8. The lowest BCUT2D eigenvalue weighted by Gasteiger charge is -2.41. The number of aliphatic hydroxyl groups excluding tert-OH is 2. The number of likely N-dealkylation sites (tertiary alicyclic amines) is 1. The number of carbonyl (C=O) groups is 4. The molecule has 7 N–H and O–H groups in total. The smallest absolute Gasteiger partial charge is 0.254 e. The number of hydrogen-bond donors (Lipinski definition) is 5. The van der Waals surface area contributed by atoms with Crippen molar-refractivity contribution in [3.8, 4) is 0 Å². The van der Waals surface area contributed by atoms with E-state index in [-0.39, 0.29) is 19.3 Å². The average Bonchev–Trinajstić information content (AvgIpc) is 3.37. The third-order valence-corrected chi connectivity index (χ3v) is 5.67. The highest BCUT2D eigenvalue weighted by Crippen LogP contribution is 2.25. The van der Waals surface area contributed by atoms with E-state index in [9.17, 15) is 29.4 Å². The lowest BCUT2D eigenvalue weighted by molar-refractivity contribution is -0.165. The predicted molar refractivity (Wildman–Crippen MR) is 102 cm³/mol. The summed E-state index contributed by atoms with van der Waals surface area (Å²) >= 11 is 0. The Kier molecular flexibility index (Phi) is 7.46. The van der Waals surface area contributed by atoms with Crippen LogP contribution in [0, 0.1) is 0 Å². The fourth-order valence-corrected chi connectivity index (χ4v) is 3.71. The maximum absolute atomic E-state index is 13.4. The van der Waals surface area contributed by atoms with Gasteiger partial charge in [0.2, 0.25) is 11.8 Å². The summed E-state index contributed by atoms with van der Waals surface area (Å²) in [4.78, 5) is 52.7. The van der Waals surface area contributed by atoms with Gasteiger partial charge in [0.15, 0.2) is 11.9 Å². The van der Waals surface area contributed by atoms with E-state index in [1.54, 1.807) is 0 Å². The van der Waals surface area contributed by atoms with Crippen LogP contribution in [-0.2, 0) is 19.2 Å². The third kappa shape index (κ3) is 4.48. The van der Waals surface area contributed by atoms with Crippen molar-refractivity contribution in [1.82, 2.24) is 15.1 Å². The number of imide groups is 1. The normalized spacial score (nSPS) is 27.0. The molecule has 2 fully saturated rings. The van der Waals surface area contributed by atoms with Crippen molar-refractivity contribution in [2.75, 3.05) is 13.1 Å². The molecular formula is C18H31N5O6. The molecule has 0 bridgehead atoms. The van der Waals surface area contributed by atoms with Gasteiger partial charge < -0.3 is 26.2 Å². The molecule has 0 aliphatic carbocycles. The van der Waals surface area contributed by atoms with E-state index in [0.29, 0.717) is 30.7 Å². The summed E-state index contributed by atoms with van der Waals surface area (Å²) in [6.45, 7) is 3.36. The molecule has 0 saturated carbocycles. The Morgan fingerprint density at radius 3 is 2.34 bits per heavy atom. The lowest BCUT2D eigenvalue weighted by atomic mass is 10.00. The summed E-state index contributed by atoms with van der Waals surface area (Å²) < 4.78 is 0. The lowest BCUT2D eigenvalue weighted by Crippen LogP contribution is -2.71. The van der Waals surface area contributed by atoms with Crippen molar-refractivity contribution in [1.29, 1.82) is 0 Å². The molecule has 29 heavy (non-hydrogen) atoms. The predicted octanol–water partition coefficient (Wildman–Crippen LogP) is -2.97. The number of carbonyl (C=O) groups excluding carboxylic acids is 4. The first-order valence-electron chi connectivity index (χ1n) is 9.85. The molecule has 0 spiro atoms. The van der Waals surface area contributed by atoms with Gasteiger partial charge in [0, 0.05) is 6.54 Å². The maximum Gasteiger partial charge on any atom is 0.254 e. The van der Waals surface area contributed by atoms with Gasteiger partial charge in [0.25, 0.3) is 5.91 Å². The van der Waals surface area contributed by atoms with Crippen LogP contribution in [0.15, 0.2) is 0 Å². The largest absolute Gasteiger partial charge is 0.391 e. The number of nitrogens with one attached hydrogen (secondary N) is 1. The molecule has 2 rings (SSSR count). The monoisotopic (exact) mass is 413 g/mol. The molecule has 6 atom stereocenters. The Hall–Kier alpha value is -1.92. The molecule has 0 aromatic carbocycles.